The number of tetrazole rings is 1. The Balaban J connectivity index is 1.12. The van der Waals surface area contributed by atoms with Crippen molar-refractivity contribution in [3.05, 3.63) is 75.4 Å². The molecule has 0 spiro atoms. The van der Waals surface area contributed by atoms with E-state index < -0.39 is 0 Å². The molecule has 2 fully saturated rings. The van der Waals surface area contributed by atoms with Crippen LogP contribution in [0.2, 0.25) is 5.02 Å². The fourth-order valence-corrected chi connectivity index (χ4v) is 6.09. The molecule has 1 aromatic heterocycles. The zero-order valence-corrected chi connectivity index (χ0v) is 20.7. The number of hydrogen-bond donors (Lipinski definition) is 0. The lowest BCUT2D eigenvalue weighted by Gasteiger charge is -2.46. The first kappa shape index (κ1) is 23.1. The summed E-state index contributed by atoms with van der Waals surface area (Å²) >= 11 is 6.20. The smallest absolute Gasteiger partial charge is 0.230 e. The molecule has 6 rings (SSSR count). The van der Waals surface area contributed by atoms with Crippen molar-refractivity contribution in [2.45, 2.75) is 37.8 Å². The van der Waals surface area contributed by atoms with Gasteiger partial charge in [-0.05, 0) is 64.6 Å². The van der Waals surface area contributed by atoms with E-state index in [0.717, 1.165) is 48.3 Å². The molecule has 2 saturated heterocycles. The molecule has 3 heterocycles. The molecule has 10 heteroatoms. The maximum atomic E-state index is 13.6. The SMILES string of the molecule is [C-]#[N+]c1c(Cl)ccc([C@@H]2CN3CCN(C(=O)C4CCc5cc(-n6cnnn6)ccc54)C[C@H]3CO2)c1C. The van der Waals surface area contributed by atoms with Crippen molar-refractivity contribution in [3.63, 3.8) is 0 Å². The molecule has 2 aliphatic heterocycles. The first-order valence-electron chi connectivity index (χ1n) is 12.2. The van der Waals surface area contributed by atoms with Gasteiger partial charge in [-0.2, -0.15) is 0 Å². The van der Waals surface area contributed by atoms with Gasteiger partial charge in [-0.1, -0.05) is 29.8 Å². The van der Waals surface area contributed by atoms with E-state index in [9.17, 15) is 4.79 Å². The minimum atomic E-state index is -0.101. The molecule has 0 radical (unpaired) electrons. The maximum Gasteiger partial charge on any atom is 0.230 e. The number of piperazine rings is 1. The average Bonchev–Trinajstić information content (AvgIpc) is 3.58. The van der Waals surface area contributed by atoms with Crippen LogP contribution in [0.4, 0.5) is 5.69 Å². The van der Waals surface area contributed by atoms with E-state index in [2.05, 4.69) is 37.4 Å². The van der Waals surface area contributed by atoms with E-state index >= 15 is 0 Å². The van der Waals surface area contributed by atoms with E-state index in [0.29, 0.717) is 30.4 Å². The number of nitrogens with zero attached hydrogens (tertiary/aromatic N) is 7. The van der Waals surface area contributed by atoms with Crippen LogP contribution in [0.25, 0.3) is 10.5 Å². The molecule has 0 saturated carbocycles. The van der Waals surface area contributed by atoms with E-state index in [1.807, 2.05) is 24.0 Å². The molecule has 1 amide bonds. The van der Waals surface area contributed by atoms with Crippen molar-refractivity contribution < 1.29 is 9.53 Å². The Morgan fingerprint density at radius 3 is 2.86 bits per heavy atom. The topological polar surface area (TPSA) is 80.7 Å². The number of halogens is 1. The number of hydrogen-bond acceptors (Lipinski definition) is 6. The number of rotatable bonds is 3. The maximum absolute atomic E-state index is 13.6. The number of carbonyl (C=O) groups is 1. The number of amides is 1. The Hall–Kier alpha value is -3.32. The highest BCUT2D eigenvalue weighted by molar-refractivity contribution is 6.33. The van der Waals surface area contributed by atoms with Crippen LogP contribution in [0.3, 0.4) is 0 Å². The number of aromatic nitrogens is 4. The third-order valence-electron chi connectivity index (χ3n) is 7.80. The van der Waals surface area contributed by atoms with Crippen LogP contribution in [0.15, 0.2) is 36.7 Å². The predicted octanol–water partition coefficient (Wildman–Crippen LogP) is 3.49. The van der Waals surface area contributed by atoms with Crippen molar-refractivity contribution >= 4 is 23.2 Å². The van der Waals surface area contributed by atoms with Gasteiger partial charge >= 0.3 is 0 Å². The molecule has 0 bridgehead atoms. The van der Waals surface area contributed by atoms with Crippen LogP contribution in [-0.4, -0.2) is 74.7 Å². The van der Waals surface area contributed by atoms with Crippen molar-refractivity contribution in [3.8, 4) is 5.69 Å². The van der Waals surface area contributed by atoms with Crippen LogP contribution >= 0.6 is 11.6 Å². The van der Waals surface area contributed by atoms with Crippen molar-refractivity contribution in [1.82, 2.24) is 30.0 Å². The van der Waals surface area contributed by atoms with Gasteiger partial charge in [0.2, 0.25) is 11.6 Å². The minimum absolute atomic E-state index is 0.0997. The highest BCUT2D eigenvalue weighted by Gasteiger charge is 2.39. The minimum Gasteiger partial charge on any atom is -0.371 e. The van der Waals surface area contributed by atoms with Gasteiger partial charge in [-0.15, -0.1) is 5.10 Å². The fourth-order valence-electron chi connectivity index (χ4n) is 5.84. The van der Waals surface area contributed by atoms with E-state index in [1.54, 1.807) is 17.1 Å². The summed E-state index contributed by atoms with van der Waals surface area (Å²) in [5.41, 5.74) is 5.63. The van der Waals surface area contributed by atoms with Gasteiger partial charge in [0.25, 0.3) is 0 Å². The Labute approximate surface area is 214 Å². The van der Waals surface area contributed by atoms with Gasteiger partial charge in [0, 0.05) is 31.2 Å². The second-order valence-electron chi connectivity index (χ2n) is 9.71. The highest BCUT2D eigenvalue weighted by atomic mass is 35.5. The monoisotopic (exact) mass is 503 g/mol. The first-order chi connectivity index (χ1) is 17.5. The second-order valence-corrected chi connectivity index (χ2v) is 10.1. The van der Waals surface area contributed by atoms with Crippen molar-refractivity contribution in [1.29, 1.82) is 0 Å². The summed E-state index contributed by atoms with van der Waals surface area (Å²) in [7, 11) is 0. The van der Waals surface area contributed by atoms with Crippen molar-refractivity contribution in [2.75, 3.05) is 32.8 Å². The summed E-state index contributed by atoms with van der Waals surface area (Å²) in [4.78, 5) is 21.6. The zero-order chi connectivity index (χ0) is 24.8. The molecule has 36 heavy (non-hydrogen) atoms. The fraction of sp³-hybridized carbons (Fsp3) is 0.423. The molecule has 1 aliphatic carbocycles. The Morgan fingerprint density at radius 1 is 1.19 bits per heavy atom. The summed E-state index contributed by atoms with van der Waals surface area (Å²) in [5, 5.41) is 11.9. The molecule has 2 aromatic carbocycles. The Kier molecular flexibility index (Phi) is 5.96. The third kappa shape index (κ3) is 3.95. The van der Waals surface area contributed by atoms with Gasteiger partial charge in [-0.25, -0.2) is 9.53 Å². The number of aryl methyl sites for hydroxylation is 1. The highest BCUT2D eigenvalue weighted by Crippen LogP contribution is 2.38. The van der Waals surface area contributed by atoms with Gasteiger partial charge in [-0.3, -0.25) is 9.69 Å². The molecular weight excluding hydrogens is 478 g/mol. The molecule has 3 aromatic rings. The van der Waals surface area contributed by atoms with Crippen LogP contribution in [0.5, 0.6) is 0 Å². The summed E-state index contributed by atoms with van der Waals surface area (Å²) in [6, 6.07) is 10.1. The molecular formula is C26H26ClN7O2. The summed E-state index contributed by atoms with van der Waals surface area (Å²) < 4.78 is 7.91. The first-order valence-corrected chi connectivity index (χ1v) is 12.6. The lowest BCUT2D eigenvalue weighted by atomic mass is 9.97. The van der Waals surface area contributed by atoms with E-state index in [-0.39, 0.29) is 24.0 Å². The summed E-state index contributed by atoms with van der Waals surface area (Å²) in [5.74, 6) is 0.108. The number of fused-ring (bicyclic) bond motifs is 2. The lowest BCUT2D eigenvalue weighted by Crippen LogP contribution is -2.60. The quantitative estimate of drug-likeness (QED) is 0.509. The third-order valence-corrected chi connectivity index (χ3v) is 8.11. The Morgan fingerprint density at radius 2 is 2.06 bits per heavy atom. The molecule has 3 aliphatic rings. The van der Waals surface area contributed by atoms with Crippen molar-refractivity contribution in [2.24, 2.45) is 0 Å². The molecule has 0 N–H and O–H groups in total. The lowest BCUT2D eigenvalue weighted by molar-refractivity contribution is -0.141. The summed E-state index contributed by atoms with van der Waals surface area (Å²) in [6.07, 6.45) is 3.18. The molecule has 3 atom stereocenters. The summed E-state index contributed by atoms with van der Waals surface area (Å²) in [6.45, 7) is 12.9. The standard InChI is InChI=1S/C26H26ClN7O2/c1-16-20(7-8-23(27)25(16)28-2)24-13-32-9-10-33(12-19(32)14-36-24)26(35)22-5-3-17-11-18(4-6-21(17)22)34-15-29-30-31-34/h4,6-8,11,15,19,22,24H,3,5,9-10,12-14H2,1H3/t19-,22?,24-/m0/s1. The van der Waals surface area contributed by atoms with Gasteiger partial charge in [0.05, 0.1) is 36.9 Å². The van der Waals surface area contributed by atoms with E-state index in [4.69, 9.17) is 22.9 Å². The largest absolute Gasteiger partial charge is 0.371 e. The molecule has 184 valence electrons. The number of benzene rings is 2. The molecule has 1 unspecified atom stereocenters. The van der Waals surface area contributed by atoms with Crippen LogP contribution in [-0.2, 0) is 16.0 Å². The number of ether oxygens (including phenoxy) is 1. The van der Waals surface area contributed by atoms with Gasteiger partial charge < -0.3 is 9.64 Å². The Bertz CT molecular complexity index is 1350. The van der Waals surface area contributed by atoms with Gasteiger partial charge in [0.1, 0.15) is 6.33 Å². The predicted molar refractivity (Wildman–Crippen MR) is 133 cm³/mol. The zero-order valence-electron chi connectivity index (χ0n) is 20.0. The van der Waals surface area contributed by atoms with Gasteiger partial charge in [0.15, 0.2) is 0 Å². The van der Waals surface area contributed by atoms with Crippen LogP contribution in [0.1, 0.15) is 40.7 Å². The normalized spacial score (nSPS) is 23.7. The van der Waals surface area contributed by atoms with Crippen LogP contribution in [0, 0.1) is 13.5 Å². The van der Waals surface area contributed by atoms with E-state index in [1.165, 1.54) is 5.56 Å². The second kappa shape index (κ2) is 9.28. The number of morpholine rings is 1. The molecule has 9 nitrogen and oxygen atoms in total. The number of carbonyl (C=O) groups excluding carboxylic acids is 1. The average molecular weight is 504 g/mol. The van der Waals surface area contributed by atoms with Crippen LogP contribution < -0.4 is 0 Å².